The monoisotopic (exact) mass is 256 g/mol. The summed E-state index contributed by atoms with van der Waals surface area (Å²) in [6.45, 7) is 4.66. The van der Waals surface area contributed by atoms with Crippen molar-refractivity contribution in [3.63, 3.8) is 0 Å². The summed E-state index contributed by atoms with van der Waals surface area (Å²) in [5, 5.41) is 3.33. The molecule has 0 aliphatic carbocycles. The van der Waals surface area contributed by atoms with E-state index in [0.29, 0.717) is 6.04 Å². The number of benzene rings is 1. The zero-order valence-corrected chi connectivity index (χ0v) is 9.95. The van der Waals surface area contributed by atoms with Gasteiger partial charge in [-0.05, 0) is 19.1 Å². The average Bonchev–Trinajstić information content (AvgIpc) is 2.61. The van der Waals surface area contributed by atoms with Crippen molar-refractivity contribution in [2.75, 3.05) is 24.5 Å². The van der Waals surface area contributed by atoms with E-state index in [-0.39, 0.29) is 11.5 Å². The summed E-state index contributed by atoms with van der Waals surface area (Å²) >= 11 is 0. The largest absolute Gasteiger partial charge is 0.586 e. The van der Waals surface area contributed by atoms with E-state index in [1.54, 1.807) is 12.1 Å². The number of nitrogens with zero attached hydrogens (tertiary/aromatic N) is 1. The Balaban J connectivity index is 1.83. The number of ether oxygens (including phenoxy) is 2. The molecule has 18 heavy (non-hydrogen) atoms. The number of rotatable bonds is 1. The molecule has 98 valence electrons. The second-order valence-electron chi connectivity index (χ2n) is 4.60. The molecule has 4 nitrogen and oxygen atoms in total. The molecule has 0 amide bonds. The molecule has 1 aromatic rings. The summed E-state index contributed by atoms with van der Waals surface area (Å²) in [6, 6.07) is 5.29. The molecule has 1 unspecified atom stereocenters. The first kappa shape index (κ1) is 11.5. The smallest absolute Gasteiger partial charge is 0.395 e. The van der Waals surface area contributed by atoms with Gasteiger partial charge in [-0.1, -0.05) is 0 Å². The number of hydrogen-bond acceptors (Lipinski definition) is 4. The molecule has 1 aromatic carbocycles. The van der Waals surface area contributed by atoms with E-state index in [4.69, 9.17) is 0 Å². The number of fused-ring (bicyclic) bond motifs is 1. The fraction of sp³-hybridized carbons (Fsp3) is 0.500. The van der Waals surface area contributed by atoms with Crippen LogP contribution in [0.4, 0.5) is 14.5 Å². The van der Waals surface area contributed by atoms with Gasteiger partial charge >= 0.3 is 6.29 Å². The van der Waals surface area contributed by atoms with Gasteiger partial charge in [-0.3, -0.25) is 0 Å². The lowest BCUT2D eigenvalue weighted by atomic mass is 10.2. The topological polar surface area (TPSA) is 33.7 Å². The Labute approximate surface area is 103 Å². The average molecular weight is 256 g/mol. The van der Waals surface area contributed by atoms with Crippen LogP contribution in [0, 0.1) is 0 Å². The highest BCUT2D eigenvalue weighted by Crippen LogP contribution is 2.42. The molecule has 1 atom stereocenters. The van der Waals surface area contributed by atoms with E-state index in [2.05, 4.69) is 26.6 Å². The van der Waals surface area contributed by atoms with E-state index in [9.17, 15) is 8.78 Å². The van der Waals surface area contributed by atoms with Gasteiger partial charge in [0, 0.05) is 37.4 Å². The summed E-state index contributed by atoms with van der Waals surface area (Å²) in [4.78, 5) is 2.14. The number of nitrogens with one attached hydrogen (secondary N) is 1. The van der Waals surface area contributed by atoms with Crippen LogP contribution in [0.1, 0.15) is 6.92 Å². The van der Waals surface area contributed by atoms with Gasteiger partial charge in [0.25, 0.3) is 0 Å². The normalized spacial score (nSPS) is 25.3. The van der Waals surface area contributed by atoms with Crippen LogP contribution < -0.4 is 19.7 Å². The minimum Gasteiger partial charge on any atom is -0.395 e. The Kier molecular flexibility index (Phi) is 2.55. The molecule has 2 heterocycles. The molecular weight excluding hydrogens is 242 g/mol. The first-order valence-electron chi connectivity index (χ1n) is 5.92. The molecule has 0 spiro atoms. The minimum atomic E-state index is -3.54. The lowest BCUT2D eigenvalue weighted by molar-refractivity contribution is -0.286. The molecule has 0 bridgehead atoms. The second kappa shape index (κ2) is 3.98. The molecule has 0 radical (unpaired) electrons. The first-order chi connectivity index (χ1) is 8.53. The Hall–Kier alpha value is -1.56. The van der Waals surface area contributed by atoms with Gasteiger partial charge in [0.05, 0.1) is 0 Å². The van der Waals surface area contributed by atoms with Crippen molar-refractivity contribution in [1.29, 1.82) is 0 Å². The Morgan fingerprint density at radius 2 is 2.11 bits per heavy atom. The van der Waals surface area contributed by atoms with Crippen molar-refractivity contribution in [2.45, 2.75) is 19.3 Å². The van der Waals surface area contributed by atoms with Crippen LogP contribution in [0.2, 0.25) is 0 Å². The fourth-order valence-corrected chi connectivity index (χ4v) is 2.30. The predicted octanol–water partition coefficient (Wildman–Crippen LogP) is 1.81. The Morgan fingerprint density at radius 1 is 1.33 bits per heavy atom. The fourth-order valence-electron chi connectivity index (χ4n) is 2.30. The van der Waals surface area contributed by atoms with Crippen molar-refractivity contribution < 1.29 is 18.3 Å². The molecule has 0 aromatic heterocycles. The number of anilines is 1. The number of halogens is 2. The third kappa shape index (κ3) is 2.08. The van der Waals surface area contributed by atoms with Crippen LogP contribution in [0.25, 0.3) is 0 Å². The summed E-state index contributed by atoms with van der Waals surface area (Å²) in [7, 11) is 0. The van der Waals surface area contributed by atoms with E-state index >= 15 is 0 Å². The van der Waals surface area contributed by atoms with Gasteiger partial charge in [-0.2, -0.15) is 0 Å². The van der Waals surface area contributed by atoms with Crippen molar-refractivity contribution in [3.05, 3.63) is 18.2 Å². The molecule has 2 aliphatic rings. The van der Waals surface area contributed by atoms with Crippen molar-refractivity contribution in [1.82, 2.24) is 5.32 Å². The number of hydrogen-bond donors (Lipinski definition) is 1. The van der Waals surface area contributed by atoms with Crippen LogP contribution in [0.15, 0.2) is 18.2 Å². The Bertz CT molecular complexity index is 467. The van der Waals surface area contributed by atoms with Crippen LogP contribution in [0.3, 0.4) is 0 Å². The maximum absolute atomic E-state index is 12.9. The van der Waals surface area contributed by atoms with Gasteiger partial charge in [0.1, 0.15) is 0 Å². The van der Waals surface area contributed by atoms with Crippen LogP contribution >= 0.6 is 0 Å². The minimum absolute atomic E-state index is 0.0898. The van der Waals surface area contributed by atoms with Gasteiger partial charge < -0.3 is 19.7 Å². The van der Waals surface area contributed by atoms with Crippen molar-refractivity contribution >= 4 is 5.69 Å². The zero-order chi connectivity index (χ0) is 12.8. The lowest BCUT2D eigenvalue weighted by Gasteiger charge is -2.33. The van der Waals surface area contributed by atoms with Crippen LogP contribution in [0.5, 0.6) is 11.5 Å². The SMILES string of the molecule is CC1CN(c2ccc3c(c2)OC(F)(F)O3)CCN1. The summed E-state index contributed by atoms with van der Waals surface area (Å²) in [5.41, 5.74) is 0.878. The van der Waals surface area contributed by atoms with Crippen molar-refractivity contribution in [2.24, 2.45) is 0 Å². The summed E-state index contributed by atoms with van der Waals surface area (Å²) in [6.07, 6.45) is -3.54. The molecule has 1 fully saturated rings. The van der Waals surface area contributed by atoms with Crippen LogP contribution in [-0.2, 0) is 0 Å². The molecule has 0 saturated carbocycles. The number of alkyl halides is 2. The summed E-state index contributed by atoms with van der Waals surface area (Å²) < 4.78 is 34.6. The van der Waals surface area contributed by atoms with Gasteiger partial charge in [-0.15, -0.1) is 8.78 Å². The predicted molar refractivity (Wildman–Crippen MR) is 62.3 cm³/mol. The standard InChI is InChI=1S/C12H14F2N2O2/c1-8-7-16(5-4-15-8)9-2-3-10-11(6-9)18-12(13,14)17-10/h2-3,6,8,15H,4-5,7H2,1H3. The van der Waals surface area contributed by atoms with E-state index < -0.39 is 6.29 Å². The van der Waals surface area contributed by atoms with Crippen molar-refractivity contribution in [3.8, 4) is 11.5 Å². The second-order valence-corrected chi connectivity index (χ2v) is 4.60. The maximum Gasteiger partial charge on any atom is 0.586 e. The third-order valence-corrected chi connectivity index (χ3v) is 3.12. The highest BCUT2D eigenvalue weighted by atomic mass is 19.3. The van der Waals surface area contributed by atoms with Gasteiger partial charge in [0.15, 0.2) is 11.5 Å². The van der Waals surface area contributed by atoms with E-state index in [0.717, 1.165) is 25.3 Å². The number of piperazine rings is 1. The van der Waals surface area contributed by atoms with Gasteiger partial charge in [0.2, 0.25) is 0 Å². The highest BCUT2D eigenvalue weighted by Gasteiger charge is 2.43. The third-order valence-electron chi connectivity index (χ3n) is 3.12. The molecule has 2 aliphatic heterocycles. The molecule has 1 N–H and O–H groups in total. The Morgan fingerprint density at radius 3 is 2.89 bits per heavy atom. The van der Waals surface area contributed by atoms with E-state index in [1.165, 1.54) is 6.07 Å². The first-order valence-corrected chi connectivity index (χ1v) is 5.92. The van der Waals surface area contributed by atoms with Gasteiger partial charge in [-0.25, -0.2) is 0 Å². The zero-order valence-electron chi connectivity index (χ0n) is 9.95. The maximum atomic E-state index is 12.9. The quantitative estimate of drug-likeness (QED) is 0.831. The molecule has 1 saturated heterocycles. The highest BCUT2D eigenvalue weighted by molar-refractivity contribution is 5.57. The van der Waals surface area contributed by atoms with E-state index in [1.807, 2.05) is 0 Å². The molecular formula is C12H14F2N2O2. The lowest BCUT2D eigenvalue weighted by Crippen LogP contribution is -2.49. The molecule has 3 rings (SSSR count). The molecule has 6 heteroatoms. The van der Waals surface area contributed by atoms with Crippen LogP contribution in [-0.4, -0.2) is 32.0 Å². The summed E-state index contributed by atoms with van der Waals surface area (Å²) in [5.74, 6) is 0.190.